The van der Waals surface area contributed by atoms with Gasteiger partial charge in [0.25, 0.3) is 0 Å². The molecule has 1 N–H and O–H groups in total. The minimum absolute atomic E-state index is 0.268. The molecule has 2 rings (SSSR count). The van der Waals surface area contributed by atoms with Gasteiger partial charge in [-0.2, -0.15) is 0 Å². The first-order chi connectivity index (χ1) is 9.24. The van der Waals surface area contributed by atoms with Gasteiger partial charge in [0.1, 0.15) is 0 Å². The predicted octanol–water partition coefficient (Wildman–Crippen LogP) is 4.29. The fourth-order valence-electron chi connectivity index (χ4n) is 2.72. The molecule has 0 aliphatic carbocycles. The van der Waals surface area contributed by atoms with Gasteiger partial charge in [-0.3, -0.25) is 4.98 Å². The maximum atomic E-state index is 4.42. The Morgan fingerprint density at radius 2 is 1.68 bits per heavy atom. The average molecular weight is 256 g/mol. The van der Waals surface area contributed by atoms with E-state index in [1.807, 2.05) is 12.3 Å². The molecular formula is C17H24N2. The van der Waals surface area contributed by atoms with Gasteiger partial charge < -0.3 is 5.32 Å². The number of hydrogen-bond donors (Lipinski definition) is 1. The first kappa shape index (κ1) is 14.0. The fourth-order valence-corrected chi connectivity index (χ4v) is 2.72. The van der Waals surface area contributed by atoms with Gasteiger partial charge in [-0.15, -0.1) is 0 Å². The molecule has 0 saturated carbocycles. The first-order valence-electron chi connectivity index (χ1n) is 7.32. The largest absolute Gasteiger partial charge is 0.307 e. The van der Waals surface area contributed by atoms with Gasteiger partial charge in [-0.1, -0.05) is 39.0 Å². The van der Waals surface area contributed by atoms with Crippen molar-refractivity contribution in [3.8, 4) is 0 Å². The van der Waals surface area contributed by atoms with Crippen LogP contribution < -0.4 is 5.32 Å². The average Bonchev–Trinajstić information content (AvgIpc) is 2.49. The van der Waals surface area contributed by atoms with Gasteiger partial charge >= 0.3 is 0 Å². The Hall–Kier alpha value is -1.41. The predicted molar refractivity (Wildman–Crippen MR) is 82.2 cm³/mol. The number of nitrogens with zero attached hydrogens (tertiary/aromatic N) is 1. The summed E-state index contributed by atoms with van der Waals surface area (Å²) >= 11 is 0. The lowest BCUT2D eigenvalue weighted by Crippen LogP contribution is -2.43. The van der Waals surface area contributed by atoms with Crippen molar-refractivity contribution in [3.05, 3.63) is 42.1 Å². The topological polar surface area (TPSA) is 24.9 Å². The summed E-state index contributed by atoms with van der Waals surface area (Å²) in [5, 5.41) is 5.02. The second-order valence-electron chi connectivity index (χ2n) is 5.18. The Bertz CT molecular complexity index is 516. The van der Waals surface area contributed by atoms with Crippen LogP contribution >= 0.6 is 0 Å². The highest BCUT2D eigenvalue weighted by Crippen LogP contribution is 2.22. The van der Waals surface area contributed by atoms with E-state index < -0.39 is 0 Å². The van der Waals surface area contributed by atoms with Crippen molar-refractivity contribution in [2.75, 3.05) is 0 Å². The van der Waals surface area contributed by atoms with E-state index in [1.165, 1.54) is 30.2 Å². The van der Waals surface area contributed by atoms with Gasteiger partial charge in [0.15, 0.2) is 0 Å². The highest BCUT2D eigenvalue weighted by atomic mass is 15.0. The normalized spacial score (nSPS) is 11.9. The van der Waals surface area contributed by atoms with Gasteiger partial charge in [-0.25, -0.2) is 0 Å². The van der Waals surface area contributed by atoms with Crippen molar-refractivity contribution >= 4 is 10.9 Å². The number of nitrogens with one attached hydrogen (secondary N) is 1. The lowest BCUT2D eigenvalue weighted by molar-refractivity contribution is 0.288. The molecule has 19 heavy (non-hydrogen) atoms. The lowest BCUT2D eigenvalue weighted by Gasteiger charge is -2.32. The first-order valence-corrected chi connectivity index (χ1v) is 7.32. The van der Waals surface area contributed by atoms with Crippen molar-refractivity contribution in [1.29, 1.82) is 0 Å². The Balaban J connectivity index is 2.22. The summed E-state index contributed by atoms with van der Waals surface area (Å²) in [6, 6.07) is 10.5. The minimum atomic E-state index is 0.268. The molecule has 1 heterocycles. The van der Waals surface area contributed by atoms with Gasteiger partial charge in [0, 0.05) is 23.7 Å². The molecule has 102 valence electrons. The summed E-state index contributed by atoms with van der Waals surface area (Å²) in [7, 11) is 0. The van der Waals surface area contributed by atoms with E-state index >= 15 is 0 Å². The Labute approximate surface area is 116 Å². The standard InChI is InChI=1S/C17H24N2/c1-4-17(5-2,6-3)19-13-14-11-12-18-16-10-8-7-9-15(14)16/h7-12,19H,4-6,13H2,1-3H3. The Kier molecular flexibility index (Phi) is 4.54. The molecule has 0 bridgehead atoms. The highest BCUT2D eigenvalue weighted by Gasteiger charge is 2.22. The van der Waals surface area contributed by atoms with Crippen LogP contribution in [0.25, 0.3) is 10.9 Å². The van der Waals surface area contributed by atoms with Crippen molar-refractivity contribution in [2.45, 2.75) is 52.1 Å². The van der Waals surface area contributed by atoms with Crippen LogP contribution in [0.3, 0.4) is 0 Å². The molecule has 0 amide bonds. The molecule has 1 aromatic heterocycles. The van der Waals surface area contributed by atoms with Crippen LogP contribution in [0.15, 0.2) is 36.5 Å². The van der Waals surface area contributed by atoms with Crippen LogP contribution in [0.1, 0.15) is 45.6 Å². The number of rotatable bonds is 6. The van der Waals surface area contributed by atoms with E-state index in [0.717, 1.165) is 12.1 Å². The van der Waals surface area contributed by atoms with Gasteiger partial charge in [0.05, 0.1) is 5.52 Å². The van der Waals surface area contributed by atoms with Gasteiger partial charge in [0.2, 0.25) is 0 Å². The highest BCUT2D eigenvalue weighted by molar-refractivity contribution is 5.81. The number of aromatic nitrogens is 1. The molecule has 2 heteroatoms. The molecular weight excluding hydrogens is 232 g/mol. The second-order valence-corrected chi connectivity index (χ2v) is 5.18. The SMILES string of the molecule is CCC(CC)(CC)NCc1ccnc2ccccc12. The maximum Gasteiger partial charge on any atom is 0.0705 e. The smallest absolute Gasteiger partial charge is 0.0705 e. The number of pyridine rings is 1. The van der Waals surface area contributed by atoms with Gasteiger partial charge in [-0.05, 0) is 37.0 Å². The molecule has 2 aromatic rings. The van der Waals surface area contributed by atoms with E-state index in [0.29, 0.717) is 0 Å². The molecule has 0 radical (unpaired) electrons. The van der Waals surface area contributed by atoms with E-state index in [4.69, 9.17) is 0 Å². The van der Waals surface area contributed by atoms with Crippen molar-refractivity contribution in [2.24, 2.45) is 0 Å². The zero-order valence-corrected chi connectivity index (χ0v) is 12.2. The zero-order chi connectivity index (χ0) is 13.7. The summed E-state index contributed by atoms with van der Waals surface area (Å²) in [6.07, 6.45) is 5.42. The van der Waals surface area contributed by atoms with Crippen molar-refractivity contribution in [3.63, 3.8) is 0 Å². The van der Waals surface area contributed by atoms with Crippen LogP contribution in [-0.2, 0) is 6.54 Å². The number of para-hydroxylation sites is 1. The summed E-state index contributed by atoms with van der Waals surface area (Å²) in [4.78, 5) is 4.42. The third-order valence-corrected chi connectivity index (χ3v) is 4.42. The summed E-state index contributed by atoms with van der Waals surface area (Å²) in [6.45, 7) is 7.72. The lowest BCUT2D eigenvalue weighted by atomic mass is 9.89. The molecule has 0 unspecified atom stereocenters. The van der Waals surface area contributed by atoms with Crippen LogP contribution in [0.4, 0.5) is 0 Å². The van der Waals surface area contributed by atoms with E-state index in [1.54, 1.807) is 0 Å². The second kappa shape index (κ2) is 6.16. The summed E-state index contributed by atoms with van der Waals surface area (Å²) in [5.74, 6) is 0. The molecule has 0 saturated heterocycles. The van der Waals surface area contributed by atoms with E-state index in [9.17, 15) is 0 Å². The molecule has 0 aliphatic rings. The Morgan fingerprint density at radius 3 is 2.37 bits per heavy atom. The van der Waals surface area contributed by atoms with Crippen LogP contribution in [0.5, 0.6) is 0 Å². The third kappa shape index (κ3) is 2.95. The quantitative estimate of drug-likeness (QED) is 0.833. The maximum absolute atomic E-state index is 4.42. The van der Waals surface area contributed by atoms with Crippen LogP contribution in [-0.4, -0.2) is 10.5 Å². The van der Waals surface area contributed by atoms with Crippen LogP contribution in [0, 0.1) is 0 Å². The monoisotopic (exact) mass is 256 g/mol. The summed E-state index contributed by atoms with van der Waals surface area (Å²) < 4.78 is 0. The fraction of sp³-hybridized carbons (Fsp3) is 0.471. The van der Waals surface area contributed by atoms with Crippen molar-refractivity contribution in [1.82, 2.24) is 10.3 Å². The molecule has 0 aliphatic heterocycles. The Morgan fingerprint density at radius 1 is 1.00 bits per heavy atom. The summed E-state index contributed by atoms with van der Waals surface area (Å²) in [5.41, 5.74) is 2.69. The van der Waals surface area contributed by atoms with E-state index in [2.05, 4.69) is 55.3 Å². The number of fused-ring (bicyclic) bond motifs is 1. The molecule has 0 atom stereocenters. The van der Waals surface area contributed by atoms with Crippen LogP contribution in [0.2, 0.25) is 0 Å². The molecule has 0 spiro atoms. The number of hydrogen-bond acceptors (Lipinski definition) is 2. The molecule has 1 aromatic carbocycles. The zero-order valence-electron chi connectivity index (χ0n) is 12.2. The molecule has 0 fully saturated rings. The minimum Gasteiger partial charge on any atom is -0.307 e. The number of benzene rings is 1. The van der Waals surface area contributed by atoms with Crippen molar-refractivity contribution < 1.29 is 0 Å². The third-order valence-electron chi connectivity index (χ3n) is 4.42. The van der Waals surface area contributed by atoms with E-state index in [-0.39, 0.29) is 5.54 Å². The molecule has 2 nitrogen and oxygen atoms in total.